The van der Waals surface area contributed by atoms with Gasteiger partial charge in [0.05, 0.1) is 0 Å². The van der Waals surface area contributed by atoms with Gasteiger partial charge >= 0.3 is 0 Å². The highest BCUT2D eigenvalue weighted by Gasteiger charge is 2.28. The number of carbonyl (C=O) groups is 1. The molecule has 0 aliphatic carbocycles. The highest BCUT2D eigenvalue weighted by molar-refractivity contribution is 5.85. The van der Waals surface area contributed by atoms with E-state index in [1.165, 1.54) is 0 Å². The van der Waals surface area contributed by atoms with Gasteiger partial charge in [-0.25, -0.2) is 0 Å². The van der Waals surface area contributed by atoms with Crippen LogP contribution in [-0.2, 0) is 4.79 Å². The zero-order valence-corrected chi connectivity index (χ0v) is 11.6. The zero-order chi connectivity index (χ0) is 11.5. The van der Waals surface area contributed by atoms with Crippen LogP contribution in [0.4, 0.5) is 0 Å². The topological polar surface area (TPSA) is 41.1 Å². The number of amides is 1. The summed E-state index contributed by atoms with van der Waals surface area (Å²) in [5.41, 5.74) is -0.228. The van der Waals surface area contributed by atoms with Crippen LogP contribution in [0.1, 0.15) is 47.0 Å². The Morgan fingerprint density at radius 3 is 2.62 bits per heavy atom. The summed E-state index contributed by atoms with van der Waals surface area (Å²) in [6, 6.07) is 0.883. The largest absolute Gasteiger partial charge is 0.353 e. The molecule has 4 heteroatoms. The summed E-state index contributed by atoms with van der Waals surface area (Å²) < 4.78 is 0. The lowest BCUT2D eigenvalue weighted by atomic mass is 9.88. The summed E-state index contributed by atoms with van der Waals surface area (Å²) in [4.78, 5) is 11.9. The fraction of sp³-hybridized carbons (Fsp3) is 0.917. The predicted octanol–water partition coefficient (Wildman–Crippen LogP) is 2.10. The molecular weight excluding hydrogens is 224 g/mol. The van der Waals surface area contributed by atoms with Gasteiger partial charge in [-0.1, -0.05) is 20.8 Å². The fourth-order valence-electron chi connectivity index (χ4n) is 1.80. The summed E-state index contributed by atoms with van der Waals surface area (Å²) in [7, 11) is 0. The van der Waals surface area contributed by atoms with Crippen molar-refractivity contribution >= 4 is 18.3 Å². The molecule has 1 amide bonds. The van der Waals surface area contributed by atoms with Crippen LogP contribution in [0.15, 0.2) is 0 Å². The molecule has 1 heterocycles. The van der Waals surface area contributed by atoms with E-state index in [-0.39, 0.29) is 23.7 Å². The van der Waals surface area contributed by atoms with Gasteiger partial charge < -0.3 is 10.6 Å². The molecule has 3 nitrogen and oxygen atoms in total. The van der Waals surface area contributed by atoms with E-state index in [0.29, 0.717) is 12.1 Å². The van der Waals surface area contributed by atoms with Crippen molar-refractivity contribution in [3.8, 4) is 0 Å². The zero-order valence-electron chi connectivity index (χ0n) is 10.8. The molecule has 1 fully saturated rings. The van der Waals surface area contributed by atoms with Crippen molar-refractivity contribution in [1.29, 1.82) is 0 Å². The Kier molecular flexibility index (Phi) is 6.34. The van der Waals surface area contributed by atoms with E-state index >= 15 is 0 Å². The minimum absolute atomic E-state index is 0. The number of hydrogen-bond donors (Lipinski definition) is 2. The number of carbonyl (C=O) groups excluding carboxylic acids is 1. The molecule has 0 aromatic carbocycles. The smallest absolute Gasteiger partial charge is 0.225 e. The number of nitrogens with one attached hydrogen (secondary N) is 2. The normalized spacial score (nSPS) is 25.8. The second-order valence-electron chi connectivity index (χ2n) is 5.29. The monoisotopic (exact) mass is 248 g/mol. The van der Waals surface area contributed by atoms with E-state index in [9.17, 15) is 4.79 Å². The van der Waals surface area contributed by atoms with Crippen LogP contribution < -0.4 is 10.6 Å². The molecule has 1 aliphatic rings. The first kappa shape index (κ1) is 15.7. The molecule has 2 atom stereocenters. The van der Waals surface area contributed by atoms with Crippen molar-refractivity contribution in [2.24, 2.45) is 5.41 Å². The van der Waals surface area contributed by atoms with E-state index in [4.69, 9.17) is 0 Å². The van der Waals surface area contributed by atoms with Crippen LogP contribution in [-0.4, -0.2) is 24.5 Å². The van der Waals surface area contributed by atoms with Gasteiger partial charge in [0, 0.05) is 17.5 Å². The maximum atomic E-state index is 11.9. The summed E-state index contributed by atoms with van der Waals surface area (Å²) in [6.45, 7) is 9.26. The maximum Gasteiger partial charge on any atom is 0.225 e. The van der Waals surface area contributed by atoms with E-state index in [1.807, 2.05) is 13.8 Å². The summed E-state index contributed by atoms with van der Waals surface area (Å²) in [6.07, 6.45) is 2.99. The van der Waals surface area contributed by atoms with Gasteiger partial charge in [-0.2, -0.15) is 0 Å². The summed E-state index contributed by atoms with van der Waals surface area (Å²) >= 11 is 0. The third-order valence-electron chi connectivity index (χ3n) is 3.46. The maximum absolute atomic E-state index is 11.9. The van der Waals surface area contributed by atoms with Crippen LogP contribution in [0.2, 0.25) is 0 Å². The van der Waals surface area contributed by atoms with Gasteiger partial charge in [0.25, 0.3) is 0 Å². The summed E-state index contributed by atoms with van der Waals surface area (Å²) in [5, 5.41) is 6.55. The molecule has 1 saturated heterocycles. The van der Waals surface area contributed by atoms with E-state index in [1.54, 1.807) is 0 Å². The Morgan fingerprint density at radius 1 is 1.50 bits per heavy atom. The van der Waals surface area contributed by atoms with Crippen molar-refractivity contribution in [2.75, 3.05) is 6.54 Å². The first-order valence-electron chi connectivity index (χ1n) is 6.00. The molecule has 0 spiro atoms. The Labute approximate surface area is 105 Å². The van der Waals surface area contributed by atoms with Gasteiger partial charge in [-0.05, 0) is 32.7 Å². The molecule has 0 radical (unpaired) electrons. The van der Waals surface area contributed by atoms with Gasteiger partial charge in [0.1, 0.15) is 0 Å². The van der Waals surface area contributed by atoms with Crippen LogP contribution in [0.25, 0.3) is 0 Å². The second kappa shape index (κ2) is 6.45. The quantitative estimate of drug-likeness (QED) is 0.803. The summed E-state index contributed by atoms with van der Waals surface area (Å²) in [5.74, 6) is 0.198. The van der Waals surface area contributed by atoms with Crippen molar-refractivity contribution < 1.29 is 4.79 Å². The van der Waals surface area contributed by atoms with Gasteiger partial charge in [-0.3, -0.25) is 4.79 Å². The van der Waals surface area contributed by atoms with Crippen LogP contribution in [0.5, 0.6) is 0 Å². The lowest BCUT2D eigenvalue weighted by Gasteiger charge is -2.31. The average molecular weight is 249 g/mol. The van der Waals surface area contributed by atoms with Crippen molar-refractivity contribution in [3.05, 3.63) is 0 Å². The highest BCUT2D eigenvalue weighted by Crippen LogP contribution is 2.20. The van der Waals surface area contributed by atoms with Crippen LogP contribution >= 0.6 is 12.4 Å². The third-order valence-corrected chi connectivity index (χ3v) is 3.46. The SMILES string of the molecule is CCC(C)(C)C(=O)NC1CCNC(C)C1.Cl. The number of rotatable bonds is 3. The van der Waals surface area contributed by atoms with E-state index in [2.05, 4.69) is 24.5 Å². The minimum Gasteiger partial charge on any atom is -0.353 e. The van der Waals surface area contributed by atoms with E-state index in [0.717, 1.165) is 25.8 Å². The van der Waals surface area contributed by atoms with E-state index < -0.39 is 0 Å². The Hall–Kier alpha value is -0.280. The third kappa shape index (κ3) is 4.30. The van der Waals surface area contributed by atoms with Crippen molar-refractivity contribution in [3.63, 3.8) is 0 Å². The lowest BCUT2D eigenvalue weighted by molar-refractivity contribution is -0.130. The number of piperidine rings is 1. The second-order valence-corrected chi connectivity index (χ2v) is 5.29. The standard InChI is InChI=1S/C12H24N2O.ClH/c1-5-12(3,4)11(15)14-10-6-7-13-9(2)8-10;/h9-10,13H,5-8H2,1-4H3,(H,14,15);1H. The molecule has 16 heavy (non-hydrogen) atoms. The molecule has 1 aliphatic heterocycles. The average Bonchev–Trinajstić information content (AvgIpc) is 2.17. The molecule has 0 aromatic rings. The minimum atomic E-state index is -0.228. The van der Waals surface area contributed by atoms with Gasteiger partial charge in [0.2, 0.25) is 5.91 Å². The first-order valence-corrected chi connectivity index (χ1v) is 6.00. The molecule has 0 aromatic heterocycles. The fourth-order valence-corrected chi connectivity index (χ4v) is 1.80. The molecule has 0 saturated carbocycles. The molecular formula is C12H25ClN2O. The number of hydrogen-bond acceptors (Lipinski definition) is 2. The highest BCUT2D eigenvalue weighted by atomic mass is 35.5. The van der Waals surface area contributed by atoms with Gasteiger partial charge in [0.15, 0.2) is 0 Å². The Balaban J connectivity index is 0.00000225. The predicted molar refractivity (Wildman–Crippen MR) is 69.9 cm³/mol. The van der Waals surface area contributed by atoms with Crippen molar-refractivity contribution in [1.82, 2.24) is 10.6 Å². The van der Waals surface area contributed by atoms with Crippen LogP contribution in [0, 0.1) is 5.41 Å². The molecule has 96 valence electrons. The van der Waals surface area contributed by atoms with Gasteiger partial charge in [-0.15, -0.1) is 12.4 Å². The molecule has 2 unspecified atom stereocenters. The first-order chi connectivity index (χ1) is 6.95. The molecule has 2 N–H and O–H groups in total. The molecule has 1 rings (SSSR count). The Bertz CT molecular complexity index is 231. The molecule has 0 bridgehead atoms. The van der Waals surface area contributed by atoms with Crippen molar-refractivity contribution in [2.45, 2.75) is 59.0 Å². The van der Waals surface area contributed by atoms with Crippen LogP contribution in [0.3, 0.4) is 0 Å². The Morgan fingerprint density at radius 2 is 2.12 bits per heavy atom. The number of halogens is 1. The lowest BCUT2D eigenvalue weighted by Crippen LogP contribution is -2.49.